The number of halogens is 1. The molecule has 0 radical (unpaired) electrons. The van der Waals surface area contributed by atoms with Gasteiger partial charge in [-0.15, -0.1) is 0 Å². The Labute approximate surface area is 173 Å². The SMILES string of the molecule is Cc1ccc(C(C)C)c(OCC(=O)NNC(=O)COc2ccc(Br)cc2C)c1. The largest absolute Gasteiger partial charge is 0.483 e. The summed E-state index contributed by atoms with van der Waals surface area (Å²) in [6.45, 7) is 7.56. The highest BCUT2D eigenvalue weighted by atomic mass is 79.9. The quantitative estimate of drug-likeness (QED) is 0.631. The first-order valence-corrected chi connectivity index (χ1v) is 9.75. The molecule has 2 rings (SSSR count). The molecule has 0 aliphatic heterocycles. The molecule has 2 amide bonds. The van der Waals surface area contributed by atoms with Crippen molar-refractivity contribution in [3.8, 4) is 11.5 Å². The molecule has 0 atom stereocenters. The maximum Gasteiger partial charge on any atom is 0.276 e. The van der Waals surface area contributed by atoms with E-state index in [1.807, 2.05) is 44.2 Å². The van der Waals surface area contributed by atoms with Crippen molar-refractivity contribution < 1.29 is 19.1 Å². The predicted octanol–water partition coefficient (Wildman–Crippen LogP) is 3.79. The first kappa shape index (κ1) is 21.8. The minimum atomic E-state index is -0.464. The number of carbonyl (C=O) groups excluding carboxylic acids is 2. The molecule has 150 valence electrons. The van der Waals surface area contributed by atoms with E-state index in [0.717, 1.165) is 21.2 Å². The Hall–Kier alpha value is -2.54. The summed E-state index contributed by atoms with van der Waals surface area (Å²) in [5.41, 5.74) is 7.62. The Bertz CT molecular complexity index is 852. The van der Waals surface area contributed by atoms with E-state index < -0.39 is 11.8 Å². The van der Waals surface area contributed by atoms with Gasteiger partial charge in [0.25, 0.3) is 11.8 Å². The van der Waals surface area contributed by atoms with E-state index in [9.17, 15) is 9.59 Å². The molecule has 0 aromatic heterocycles. The smallest absolute Gasteiger partial charge is 0.276 e. The van der Waals surface area contributed by atoms with Gasteiger partial charge in [0, 0.05) is 4.47 Å². The van der Waals surface area contributed by atoms with Gasteiger partial charge in [-0.1, -0.05) is 41.9 Å². The van der Waals surface area contributed by atoms with Crippen LogP contribution in [0.25, 0.3) is 0 Å². The number of hydrogen-bond acceptors (Lipinski definition) is 4. The summed E-state index contributed by atoms with van der Waals surface area (Å²) >= 11 is 3.37. The van der Waals surface area contributed by atoms with Crippen LogP contribution in [0.15, 0.2) is 40.9 Å². The zero-order valence-electron chi connectivity index (χ0n) is 16.5. The molecule has 2 N–H and O–H groups in total. The Kier molecular flexibility index (Phi) is 7.87. The van der Waals surface area contributed by atoms with E-state index in [0.29, 0.717) is 11.5 Å². The summed E-state index contributed by atoms with van der Waals surface area (Å²) in [6.07, 6.45) is 0. The van der Waals surface area contributed by atoms with Crippen molar-refractivity contribution in [1.29, 1.82) is 0 Å². The minimum absolute atomic E-state index is 0.198. The standard InChI is InChI=1S/C21H25BrN2O4/c1-13(2)17-7-5-14(3)9-19(17)28-12-21(26)24-23-20(25)11-27-18-8-6-16(22)10-15(18)4/h5-10,13H,11-12H2,1-4H3,(H,23,25)(H,24,26). The van der Waals surface area contributed by atoms with Crippen LogP contribution in [-0.4, -0.2) is 25.0 Å². The lowest BCUT2D eigenvalue weighted by Gasteiger charge is -2.15. The highest BCUT2D eigenvalue weighted by Gasteiger charge is 2.11. The lowest BCUT2D eigenvalue weighted by molar-refractivity contribution is -0.131. The van der Waals surface area contributed by atoms with Crippen LogP contribution in [0.3, 0.4) is 0 Å². The van der Waals surface area contributed by atoms with Crippen LogP contribution in [0.4, 0.5) is 0 Å². The number of hydrogen-bond donors (Lipinski definition) is 2. The number of carbonyl (C=O) groups is 2. The molecule has 2 aromatic carbocycles. The van der Waals surface area contributed by atoms with Gasteiger partial charge >= 0.3 is 0 Å². The summed E-state index contributed by atoms with van der Waals surface area (Å²) in [4.78, 5) is 23.8. The van der Waals surface area contributed by atoms with Crippen LogP contribution in [0.1, 0.15) is 36.5 Å². The summed E-state index contributed by atoms with van der Waals surface area (Å²) < 4.78 is 12.0. The fourth-order valence-corrected chi connectivity index (χ4v) is 2.99. The molecule has 28 heavy (non-hydrogen) atoms. The molecule has 0 aliphatic rings. The zero-order valence-corrected chi connectivity index (χ0v) is 18.1. The lowest BCUT2D eigenvalue weighted by atomic mass is 10.0. The monoisotopic (exact) mass is 448 g/mol. The van der Waals surface area contributed by atoms with Crippen molar-refractivity contribution in [3.63, 3.8) is 0 Å². The van der Waals surface area contributed by atoms with E-state index >= 15 is 0 Å². The molecular formula is C21H25BrN2O4. The minimum Gasteiger partial charge on any atom is -0.483 e. The molecule has 0 fully saturated rings. The number of nitrogens with one attached hydrogen (secondary N) is 2. The maximum atomic E-state index is 12.0. The van der Waals surface area contributed by atoms with Gasteiger partial charge in [0.05, 0.1) is 0 Å². The van der Waals surface area contributed by atoms with Crippen LogP contribution in [0, 0.1) is 13.8 Å². The van der Waals surface area contributed by atoms with Gasteiger partial charge in [-0.3, -0.25) is 20.4 Å². The Morgan fingerprint density at radius 1 is 0.929 bits per heavy atom. The van der Waals surface area contributed by atoms with Gasteiger partial charge in [-0.05, 0) is 60.7 Å². The number of rotatable bonds is 7. The van der Waals surface area contributed by atoms with Crippen molar-refractivity contribution >= 4 is 27.7 Å². The number of ether oxygens (including phenoxy) is 2. The third-order valence-corrected chi connectivity index (χ3v) is 4.48. The van der Waals surface area contributed by atoms with E-state index in [1.54, 1.807) is 6.07 Å². The first-order chi connectivity index (χ1) is 13.3. The lowest BCUT2D eigenvalue weighted by Crippen LogP contribution is -2.45. The molecule has 0 unspecified atom stereocenters. The van der Waals surface area contributed by atoms with Gasteiger partial charge in [0.2, 0.25) is 0 Å². The van der Waals surface area contributed by atoms with Crippen molar-refractivity contribution in [1.82, 2.24) is 10.9 Å². The second-order valence-corrected chi connectivity index (χ2v) is 7.70. The van der Waals surface area contributed by atoms with Gasteiger partial charge in [-0.2, -0.15) is 0 Å². The van der Waals surface area contributed by atoms with Crippen molar-refractivity contribution in [2.24, 2.45) is 0 Å². The molecule has 0 bridgehead atoms. The van der Waals surface area contributed by atoms with E-state index in [4.69, 9.17) is 9.47 Å². The third kappa shape index (κ3) is 6.56. The van der Waals surface area contributed by atoms with E-state index in [-0.39, 0.29) is 19.1 Å². The zero-order chi connectivity index (χ0) is 20.7. The molecule has 0 saturated heterocycles. The average Bonchev–Trinajstić information content (AvgIpc) is 2.63. The highest BCUT2D eigenvalue weighted by Crippen LogP contribution is 2.27. The topological polar surface area (TPSA) is 76.7 Å². The van der Waals surface area contributed by atoms with Crippen LogP contribution < -0.4 is 20.3 Å². The van der Waals surface area contributed by atoms with Crippen molar-refractivity contribution in [2.75, 3.05) is 13.2 Å². The summed E-state index contributed by atoms with van der Waals surface area (Å²) in [5, 5.41) is 0. The fraction of sp³-hybridized carbons (Fsp3) is 0.333. The maximum absolute atomic E-state index is 12.0. The van der Waals surface area contributed by atoms with Gasteiger partial charge in [0.15, 0.2) is 13.2 Å². The number of amides is 2. The Balaban J connectivity index is 1.78. The molecule has 7 heteroatoms. The second kappa shape index (κ2) is 10.1. The Morgan fingerprint density at radius 2 is 1.54 bits per heavy atom. The average molecular weight is 449 g/mol. The number of benzene rings is 2. The van der Waals surface area contributed by atoms with Gasteiger partial charge in [-0.25, -0.2) is 0 Å². The second-order valence-electron chi connectivity index (χ2n) is 6.78. The summed E-state index contributed by atoms with van der Waals surface area (Å²) in [7, 11) is 0. The molecule has 0 heterocycles. The molecular weight excluding hydrogens is 424 g/mol. The Morgan fingerprint density at radius 3 is 2.11 bits per heavy atom. The molecule has 6 nitrogen and oxygen atoms in total. The van der Waals surface area contributed by atoms with Crippen LogP contribution in [0.2, 0.25) is 0 Å². The van der Waals surface area contributed by atoms with Gasteiger partial charge in [0.1, 0.15) is 11.5 Å². The first-order valence-electron chi connectivity index (χ1n) is 8.96. The molecule has 0 aliphatic carbocycles. The summed E-state index contributed by atoms with van der Waals surface area (Å²) in [6, 6.07) is 11.4. The van der Waals surface area contributed by atoms with Crippen LogP contribution in [-0.2, 0) is 9.59 Å². The van der Waals surface area contributed by atoms with E-state index in [2.05, 4.69) is 40.6 Å². The summed E-state index contributed by atoms with van der Waals surface area (Å²) in [5.74, 6) is 0.634. The van der Waals surface area contributed by atoms with Gasteiger partial charge < -0.3 is 9.47 Å². The number of hydrazine groups is 1. The van der Waals surface area contributed by atoms with Crippen molar-refractivity contribution in [3.05, 3.63) is 57.6 Å². The normalized spacial score (nSPS) is 10.5. The predicted molar refractivity (Wildman–Crippen MR) is 111 cm³/mol. The number of aryl methyl sites for hydroxylation is 2. The molecule has 2 aromatic rings. The third-order valence-electron chi connectivity index (χ3n) is 3.99. The van der Waals surface area contributed by atoms with Crippen LogP contribution >= 0.6 is 15.9 Å². The fourth-order valence-electron chi connectivity index (χ4n) is 2.52. The molecule has 0 saturated carbocycles. The van der Waals surface area contributed by atoms with Crippen molar-refractivity contribution in [2.45, 2.75) is 33.6 Å². The molecule has 0 spiro atoms. The van der Waals surface area contributed by atoms with E-state index in [1.165, 1.54) is 0 Å². The van der Waals surface area contributed by atoms with Crippen LogP contribution in [0.5, 0.6) is 11.5 Å². The highest BCUT2D eigenvalue weighted by molar-refractivity contribution is 9.10.